The predicted octanol–water partition coefficient (Wildman–Crippen LogP) is 6.01. The minimum absolute atomic E-state index is 0.0247. The van der Waals surface area contributed by atoms with Crippen molar-refractivity contribution in [2.75, 3.05) is 0 Å². The molecule has 0 unspecified atom stereocenters. The van der Waals surface area contributed by atoms with Gasteiger partial charge in [0, 0.05) is 17.8 Å². The zero-order chi connectivity index (χ0) is 20.6. The van der Waals surface area contributed by atoms with Crippen molar-refractivity contribution in [2.45, 2.75) is 0 Å². The highest BCUT2D eigenvalue weighted by molar-refractivity contribution is 5.85. The average molecular weight is 384 g/mol. The van der Waals surface area contributed by atoms with Gasteiger partial charge in [0.25, 0.3) is 0 Å². The Balaban J connectivity index is 1.78. The molecule has 2 nitrogen and oxygen atoms in total. The highest BCUT2D eigenvalue weighted by Gasteiger charge is 2.59. The van der Waals surface area contributed by atoms with Crippen LogP contribution in [0.15, 0.2) is 114 Å². The molecule has 0 saturated heterocycles. The number of nitriles is 2. The fourth-order valence-corrected chi connectivity index (χ4v) is 5.25. The van der Waals surface area contributed by atoms with Crippen LogP contribution in [0.5, 0.6) is 0 Å². The summed E-state index contributed by atoms with van der Waals surface area (Å²) in [5, 5.41) is 20.3. The Hall–Kier alpha value is -3.88. The van der Waals surface area contributed by atoms with Gasteiger partial charge in [-0.2, -0.15) is 10.5 Å². The van der Waals surface area contributed by atoms with Crippen molar-refractivity contribution in [3.63, 3.8) is 0 Å². The van der Waals surface area contributed by atoms with Crippen LogP contribution in [0.25, 0.3) is 5.57 Å². The molecule has 5 rings (SSSR count). The molecule has 1 saturated carbocycles. The third-order valence-corrected chi connectivity index (χ3v) is 6.51. The lowest BCUT2D eigenvalue weighted by Gasteiger charge is -2.22. The lowest BCUT2D eigenvalue weighted by atomic mass is 9.76. The number of benzene rings is 2. The van der Waals surface area contributed by atoms with Gasteiger partial charge in [0.15, 0.2) is 5.41 Å². The molecule has 2 heteroatoms. The fourth-order valence-electron chi connectivity index (χ4n) is 5.25. The van der Waals surface area contributed by atoms with Crippen molar-refractivity contribution in [1.82, 2.24) is 0 Å². The van der Waals surface area contributed by atoms with Gasteiger partial charge in [0.1, 0.15) is 0 Å². The molecule has 2 aromatic rings. The number of rotatable bonds is 2. The first-order valence-electron chi connectivity index (χ1n) is 10.2. The fraction of sp³-hybridized carbons (Fsp3) is 0.143. The van der Waals surface area contributed by atoms with Crippen LogP contribution in [0.4, 0.5) is 0 Å². The van der Waals surface area contributed by atoms with Crippen molar-refractivity contribution in [1.29, 1.82) is 10.5 Å². The highest BCUT2D eigenvalue weighted by Crippen LogP contribution is 2.61. The summed E-state index contributed by atoms with van der Waals surface area (Å²) in [6.45, 7) is 0. The van der Waals surface area contributed by atoms with E-state index in [1.54, 1.807) is 0 Å². The van der Waals surface area contributed by atoms with E-state index in [0.717, 1.165) is 16.7 Å². The van der Waals surface area contributed by atoms with Gasteiger partial charge in [0.2, 0.25) is 0 Å². The third-order valence-electron chi connectivity index (χ3n) is 6.51. The van der Waals surface area contributed by atoms with Gasteiger partial charge in [-0.25, -0.2) is 0 Å². The van der Waals surface area contributed by atoms with Crippen LogP contribution in [-0.2, 0) is 0 Å². The number of hydrogen-bond acceptors (Lipinski definition) is 2. The second-order valence-corrected chi connectivity index (χ2v) is 7.92. The lowest BCUT2D eigenvalue weighted by molar-refractivity contribution is 0.426. The maximum Gasteiger partial charge on any atom is 0.172 e. The quantitative estimate of drug-likeness (QED) is 0.637. The monoisotopic (exact) mass is 384 g/mol. The molecule has 0 spiro atoms. The topological polar surface area (TPSA) is 47.6 Å². The molecule has 30 heavy (non-hydrogen) atoms. The SMILES string of the molecule is N#CC1(C#N)C2=CC=CC=C[C@H]2[C@H]2C(=C(c3ccccc3)c3ccccc3)C=C[C@H]21. The second kappa shape index (κ2) is 7.18. The third kappa shape index (κ3) is 2.55. The maximum absolute atomic E-state index is 10.1. The minimum Gasteiger partial charge on any atom is -0.196 e. The summed E-state index contributed by atoms with van der Waals surface area (Å²) in [5.41, 5.74) is 4.46. The van der Waals surface area contributed by atoms with Crippen LogP contribution in [0.2, 0.25) is 0 Å². The molecule has 3 aliphatic rings. The zero-order valence-electron chi connectivity index (χ0n) is 16.4. The first kappa shape index (κ1) is 18.2. The number of nitrogens with zero attached hydrogens (tertiary/aromatic N) is 2. The molecular formula is C28H20N2. The molecule has 3 atom stereocenters. The predicted molar refractivity (Wildman–Crippen MR) is 119 cm³/mol. The number of hydrogen-bond donors (Lipinski definition) is 0. The Morgan fingerprint density at radius 1 is 0.767 bits per heavy atom. The molecule has 0 aliphatic heterocycles. The summed E-state index contributed by atoms with van der Waals surface area (Å²) < 4.78 is 0. The summed E-state index contributed by atoms with van der Waals surface area (Å²) in [6.07, 6.45) is 14.3. The van der Waals surface area contributed by atoms with E-state index in [1.807, 2.05) is 36.4 Å². The lowest BCUT2D eigenvalue weighted by Crippen LogP contribution is -2.23. The number of fused-ring (bicyclic) bond motifs is 3. The molecule has 0 radical (unpaired) electrons. The van der Waals surface area contributed by atoms with Crippen LogP contribution in [0.3, 0.4) is 0 Å². The molecule has 0 aromatic heterocycles. The molecular weight excluding hydrogens is 364 g/mol. The second-order valence-electron chi connectivity index (χ2n) is 7.92. The van der Waals surface area contributed by atoms with E-state index in [4.69, 9.17) is 0 Å². The van der Waals surface area contributed by atoms with Crippen molar-refractivity contribution in [3.8, 4) is 12.1 Å². The van der Waals surface area contributed by atoms with Crippen LogP contribution in [0.1, 0.15) is 11.1 Å². The van der Waals surface area contributed by atoms with Gasteiger partial charge in [-0.3, -0.25) is 0 Å². The Labute approximate surface area is 177 Å². The van der Waals surface area contributed by atoms with Crippen LogP contribution in [0, 0.1) is 45.8 Å². The molecule has 0 bridgehead atoms. The molecule has 1 fully saturated rings. The summed E-state index contributed by atoms with van der Waals surface area (Å²) in [6, 6.07) is 25.6. The Morgan fingerprint density at radius 2 is 1.40 bits per heavy atom. The standard InChI is InChI=1S/C28H20N2/c29-18-28(19-30)24-15-9-3-8-14-22(24)27-23(16-17-25(27)28)26(20-10-4-1-5-11-20)21-12-6-2-7-13-21/h1-17,22,25,27H/t22-,25-,27+/m1/s1. The Morgan fingerprint density at radius 3 is 2.00 bits per heavy atom. The van der Waals surface area contributed by atoms with Gasteiger partial charge in [-0.1, -0.05) is 103 Å². The van der Waals surface area contributed by atoms with Crippen LogP contribution >= 0.6 is 0 Å². The van der Waals surface area contributed by atoms with Crippen molar-refractivity contribution in [2.24, 2.45) is 23.2 Å². The maximum atomic E-state index is 10.1. The van der Waals surface area contributed by atoms with Crippen LogP contribution in [-0.4, -0.2) is 0 Å². The highest BCUT2D eigenvalue weighted by atomic mass is 14.6. The van der Waals surface area contributed by atoms with Gasteiger partial charge in [-0.15, -0.1) is 0 Å². The van der Waals surface area contributed by atoms with E-state index >= 15 is 0 Å². The van der Waals surface area contributed by atoms with E-state index in [0.29, 0.717) is 0 Å². The average Bonchev–Trinajstić information content (AvgIpc) is 3.22. The van der Waals surface area contributed by atoms with Crippen molar-refractivity contribution < 1.29 is 0 Å². The first-order chi connectivity index (χ1) is 14.8. The van der Waals surface area contributed by atoms with Gasteiger partial charge in [0.05, 0.1) is 12.1 Å². The van der Waals surface area contributed by atoms with E-state index in [-0.39, 0.29) is 17.8 Å². The summed E-state index contributed by atoms with van der Waals surface area (Å²) in [5.74, 6) is -0.0730. The molecule has 0 amide bonds. The minimum atomic E-state index is -1.13. The largest absolute Gasteiger partial charge is 0.196 e. The summed E-state index contributed by atoms with van der Waals surface area (Å²) >= 11 is 0. The molecule has 142 valence electrons. The smallest absolute Gasteiger partial charge is 0.172 e. The first-order valence-corrected chi connectivity index (χ1v) is 10.2. The summed E-state index contributed by atoms with van der Waals surface area (Å²) in [7, 11) is 0. The number of allylic oxidation sites excluding steroid dienone is 9. The van der Waals surface area contributed by atoms with E-state index in [1.165, 1.54) is 11.1 Å². The van der Waals surface area contributed by atoms with Gasteiger partial charge < -0.3 is 0 Å². The Bertz CT molecular complexity index is 1160. The molecule has 3 aliphatic carbocycles. The normalized spacial score (nSPS) is 24.9. The zero-order valence-corrected chi connectivity index (χ0v) is 16.4. The van der Waals surface area contributed by atoms with Crippen LogP contribution < -0.4 is 0 Å². The van der Waals surface area contributed by atoms with Gasteiger partial charge >= 0.3 is 0 Å². The molecule has 2 aromatic carbocycles. The van der Waals surface area contributed by atoms with E-state index in [2.05, 4.69) is 78.9 Å². The Kier molecular flexibility index (Phi) is 4.35. The van der Waals surface area contributed by atoms with Crippen molar-refractivity contribution >= 4 is 5.57 Å². The molecule has 0 heterocycles. The molecule has 0 N–H and O–H groups in total. The van der Waals surface area contributed by atoms with E-state index < -0.39 is 5.41 Å². The van der Waals surface area contributed by atoms with E-state index in [9.17, 15) is 10.5 Å². The van der Waals surface area contributed by atoms with Crippen molar-refractivity contribution in [3.05, 3.63) is 125 Å². The summed E-state index contributed by atoms with van der Waals surface area (Å²) in [4.78, 5) is 0. The van der Waals surface area contributed by atoms with Gasteiger partial charge in [-0.05, 0) is 27.8 Å².